The number of nitrogens with zero attached hydrogens (tertiary/aromatic N) is 1. The van der Waals surface area contributed by atoms with Crippen LogP contribution in [0.3, 0.4) is 0 Å². The van der Waals surface area contributed by atoms with Crippen LogP contribution in [0.15, 0.2) is 24.3 Å². The first-order chi connectivity index (χ1) is 7.35. The van der Waals surface area contributed by atoms with Crippen molar-refractivity contribution in [2.45, 2.75) is 32.4 Å². The van der Waals surface area contributed by atoms with Crippen molar-refractivity contribution in [2.75, 3.05) is 13.1 Å². The Labute approximate surface area is 92.1 Å². The van der Waals surface area contributed by atoms with Gasteiger partial charge < -0.3 is 5.73 Å². The fourth-order valence-corrected chi connectivity index (χ4v) is 2.24. The summed E-state index contributed by atoms with van der Waals surface area (Å²) in [5.74, 6) is 0. The lowest BCUT2D eigenvalue weighted by Crippen LogP contribution is -2.50. The molecule has 1 atom stereocenters. The van der Waals surface area contributed by atoms with E-state index in [9.17, 15) is 0 Å². The van der Waals surface area contributed by atoms with Gasteiger partial charge >= 0.3 is 0 Å². The molecule has 0 amide bonds. The van der Waals surface area contributed by atoms with Crippen LogP contribution in [0.1, 0.15) is 24.5 Å². The number of hydrogen-bond donors (Lipinski definition) is 1. The van der Waals surface area contributed by atoms with Gasteiger partial charge in [0.25, 0.3) is 0 Å². The van der Waals surface area contributed by atoms with E-state index in [-0.39, 0.29) is 0 Å². The number of benzene rings is 1. The molecule has 0 aliphatic carbocycles. The van der Waals surface area contributed by atoms with Gasteiger partial charge in [-0.2, -0.15) is 0 Å². The number of aryl methyl sites for hydroxylation is 1. The van der Waals surface area contributed by atoms with Crippen LogP contribution < -0.4 is 5.73 Å². The fourth-order valence-electron chi connectivity index (χ4n) is 2.24. The van der Waals surface area contributed by atoms with Gasteiger partial charge in [-0.25, -0.2) is 0 Å². The van der Waals surface area contributed by atoms with E-state index in [1.807, 2.05) is 0 Å². The molecule has 1 saturated heterocycles. The molecule has 0 radical (unpaired) electrons. The number of rotatable bonds is 4. The zero-order valence-corrected chi connectivity index (χ0v) is 9.45. The summed E-state index contributed by atoms with van der Waals surface area (Å²) >= 11 is 0. The first kappa shape index (κ1) is 10.7. The van der Waals surface area contributed by atoms with Crippen LogP contribution in [0.2, 0.25) is 0 Å². The summed E-state index contributed by atoms with van der Waals surface area (Å²) in [6, 6.07) is 9.34. The smallest absolute Gasteiger partial charge is 0.0239 e. The second-order valence-electron chi connectivity index (χ2n) is 4.27. The van der Waals surface area contributed by atoms with Gasteiger partial charge in [-0.05, 0) is 24.0 Å². The standard InChI is InChI=1S/C13H20N2/c1-2-11-5-3-4-6-12(11)10-15-8-7-13(15)9-14/h3-6,13H,2,7-10,14H2,1H3. The van der Waals surface area contributed by atoms with Crippen LogP contribution in [-0.2, 0) is 13.0 Å². The third kappa shape index (κ3) is 2.21. The summed E-state index contributed by atoms with van der Waals surface area (Å²) in [6.07, 6.45) is 2.39. The first-order valence-electron chi connectivity index (χ1n) is 5.86. The lowest BCUT2D eigenvalue weighted by Gasteiger charge is -2.40. The minimum atomic E-state index is 0.620. The van der Waals surface area contributed by atoms with Crippen LogP contribution in [0.25, 0.3) is 0 Å². The van der Waals surface area contributed by atoms with E-state index in [0.29, 0.717) is 6.04 Å². The highest BCUT2D eigenvalue weighted by Crippen LogP contribution is 2.21. The van der Waals surface area contributed by atoms with Crippen LogP contribution in [0.4, 0.5) is 0 Å². The van der Waals surface area contributed by atoms with E-state index in [2.05, 4.69) is 36.1 Å². The maximum absolute atomic E-state index is 5.71. The average Bonchev–Trinajstić information content (AvgIpc) is 2.25. The van der Waals surface area contributed by atoms with Crippen LogP contribution in [-0.4, -0.2) is 24.0 Å². The zero-order valence-electron chi connectivity index (χ0n) is 9.45. The molecule has 1 aliphatic heterocycles. The third-order valence-electron chi connectivity index (χ3n) is 3.41. The maximum atomic E-state index is 5.71. The van der Waals surface area contributed by atoms with Crippen LogP contribution in [0, 0.1) is 0 Å². The first-order valence-corrected chi connectivity index (χ1v) is 5.86. The van der Waals surface area contributed by atoms with Crippen LogP contribution >= 0.6 is 0 Å². The molecule has 1 unspecified atom stereocenters. The van der Waals surface area contributed by atoms with Crippen molar-refractivity contribution < 1.29 is 0 Å². The molecule has 2 N–H and O–H groups in total. The van der Waals surface area contributed by atoms with Gasteiger partial charge in [-0.1, -0.05) is 31.2 Å². The zero-order chi connectivity index (χ0) is 10.7. The second kappa shape index (κ2) is 4.77. The Kier molecular flexibility index (Phi) is 3.39. The van der Waals surface area contributed by atoms with E-state index in [1.165, 1.54) is 24.1 Å². The predicted octanol–water partition coefficient (Wildman–Crippen LogP) is 1.78. The van der Waals surface area contributed by atoms with Crippen molar-refractivity contribution in [3.8, 4) is 0 Å². The molecule has 2 rings (SSSR count). The molecule has 1 heterocycles. The van der Waals surface area contributed by atoms with Crippen molar-refractivity contribution in [1.82, 2.24) is 4.90 Å². The topological polar surface area (TPSA) is 29.3 Å². The highest BCUT2D eigenvalue weighted by molar-refractivity contribution is 5.27. The molecule has 0 saturated carbocycles. The molecule has 2 nitrogen and oxygen atoms in total. The van der Waals surface area contributed by atoms with Gasteiger partial charge in [0.05, 0.1) is 0 Å². The molecule has 0 spiro atoms. The molecule has 1 aliphatic rings. The Morgan fingerprint density at radius 3 is 2.60 bits per heavy atom. The highest BCUT2D eigenvalue weighted by Gasteiger charge is 2.26. The van der Waals surface area contributed by atoms with Gasteiger partial charge in [0.15, 0.2) is 0 Å². The molecule has 1 fully saturated rings. The maximum Gasteiger partial charge on any atom is 0.0239 e. The molecule has 0 bridgehead atoms. The van der Waals surface area contributed by atoms with Gasteiger partial charge in [0, 0.05) is 25.7 Å². The number of nitrogens with two attached hydrogens (primary N) is 1. The largest absolute Gasteiger partial charge is 0.329 e. The van der Waals surface area contributed by atoms with Gasteiger partial charge in [0.2, 0.25) is 0 Å². The third-order valence-corrected chi connectivity index (χ3v) is 3.41. The normalized spacial score (nSPS) is 21.3. The SMILES string of the molecule is CCc1ccccc1CN1CCC1CN. The van der Waals surface area contributed by atoms with Gasteiger partial charge in [-0.15, -0.1) is 0 Å². The lowest BCUT2D eigenvalue weighted by molar-refractivity contribution is 0.0879. The average molecular weight is 204 g/mol. The molecule has 1 aromatic rings. The number of likely N-dealkylation sites (tertiary alicyclic amines) is 1. The van der Waals surface area contributed by atoms with Gasteiger partial charge in [0.1, 0.15) is 0 Å². The molecule has 15 heavy (non-hydrogen) atoms. The molecule has 0 aromatic heterocycles. The van der Waals surface area contributed by atoms with E-state index in [4.69, 9.17) is 5.73 Å². The monoisotopic (exact) mass is 204 g/mol. The molecular formula is C13H20N2. The second-order valence-corrected chi connectivity index (χ2v) is 4.27. The molecule has 2 heteroatoms. The Bertz CT molecular complexity index is 320. The van der Waals surface area contributed by atoms with E-state index in [1.54, 1.807) is 0 Å². The Morgan fingerprint density at radius 2 is 2.07 bits per heavy atom. The quantitative estimate of drug-likeness (QED) is 0.810. The predicted molar refractivity (Wildman–Crippen MR) is 63.7 cm³/mol. The van der Waals surface area contributed by atoms with Gasteiger partial charge in [-0.3, -0.25) is 4.90 Å². The summed E-state index contributed by atoms with van der Waals surface area (Å²) in [5.41, 5.74) is 8.65. The molecular weight excluding hydrogens is 184 g/mol. The Balaban J connectivity index is 2.04. The van der Waals surface area contributed by atoms with Crippen molar-refractivity contribution in [3.05, 3.63) is 35.4 Å². The minimum absolute atomic E-state index is 0.620. The summed E-state index contributed by atoms with van der Waals surface area (Å²) in [5, 5.41) is 0. The summed E-state index contributed by atoms with van der Waals surface area (Å²) in [7, 11) is 0. The van der Waals surface area contributed by atoms with E-state index < -0.39 is 0 Å². The lowest BCUT2D eigenvalue weighted by atomic mass is 9.99. The summed E-state index contributed by atoms with van der Waals surface area (Å²) in [6.45, 7) is 5.30. The Hall–Kier alpha value is -0.860. The summed E-state index contributed by atoms with van der Waals surface area (Å²) < 4.78 is 0. The minimum Gasteiger partial charge on any atom is -0.329 e. The van der Waals surface area contributed by atoms with Crippen molar-refractivity contribution >= 4 is 0 Å². The Morgan fingerprint density at radius 1 is 1.33 bits per heavy atom. The van der Waals surface area contributed by atoms with Crippen molar-refractivity contribution in [1.29, 1.82) is 0 Å². The van der Waals surface area contributed by atoms with Crippen molar-refractivity contribution in [2.24, 2.45) is 5.73 Å². The van der Waals surface area contributed by atoms with E-state index in [0.717, 1.165) is 19.5 Å². The van der Waals surface area contributed by atoms with E-state index >= 15 is 0 Å². The van der Waals surface area contributed by atoms with Crippen molar-refractivity contribution in [3.63, 3.8) is 0 Å². The summed E-state index contributed by atoms with van der Waals surface area (Å²) in [4.78, 5) is 2.48. The molecule has 1 aromatic carbocycles. The fraction of sp³-hybridized carbons (Fsp3) is 0.538. The molecule has 82 valence electrons. The van der Waals surface area contributed by atoms with Crippen LogP contribution in [0.5, 0.6) is 0 Å². The highest BCUT2D eigenvalue weighted by atomic mass is 15.2. The number of hydrogen-bond acceptors (Lipinski definition) is 2.